The average Bonchev–Trinajstić information content (AvgIpc) is 2.48. The van der Waals surface area contributed by atoms with Crippen LogP contribution in [0.15, 0.2) is 17.1 Å². The van der Waals surface area contributed by atoms with Crippen LogP contribution >= 0.6 is 15.9 Å². The maximum Gasteiger partial charge on any atom is 0.325 e. The SMILES string of the molecule is CC(C)COC(=O)Cn1cnc(Br)c1. The fourth-order valence-electron chi connectivity index (χ4n) is 0.874. The van der Waals surface area contributed by atoms with E-state index in [9.17, 15) is 4.79 Å². The molecule has 5 heteroatoms. The van der Waals surface area contributed by atoms with Crippen molar-refractivity contribution in [1.29, 1.82) is 0 Å². The Morgan fingerprint density at radius 3 is 2.93 bits per heavy atom. The smallest absolute Gasteiger partial charge is 0.325 e. The lowest BCUT2D eigenvalue weighted by molar-refractivity contribution is -0.145. The van der Waals surface area contributed by atoms with E-state index >= 15 is 0 Å². The molecule has 0 saturated heterocycles. The van der Waals surface area contributed by atoms with Crippen LogP contribution in [-0.4, -0.2) is 22.1 Å². The molecule has 4 nitrogen and oxygen atoms in total. The number of esters is 1. The molecule has 0 atom stereocenters. The Hall–Kier alpha value is -0.840. The second kappa shape index (κ2) is 5.14. The molecule has 0 radical (unpaired) electrons. The molecule has 0 amide bonds. The number of imidazole rings is 1. The molecular weight excluding hydrogens is 248 g/mol. The van der Waals surface area contributed by atoms with Crippen molar-refractivity contribution in [3.63, 3.8) is 0 Å². The van der Waals surface area contributed by atoms with Gasteiger partial charge in [-0.2, -0.15) is 0 Å². The lowest BCUT2D eigenvalue weighted by Crippen LogP contribution is -2.15. The van der Waals surface area contributed by atoms with Crippen molar-refractivity contribution in [2.75, 3.05) is 6.61 Å². The molecule has 0 fully saturated rings. The summed E-state index contributed by atoms with van der Waals surface area (Å²) in [5.41, 5.74) is 0. The maximum absolute atomic E-state index is 11.2. The number of hydrogen-bond acceptors (Lipinski definition) is 3. The van der Waals surface area contributed by atoms with E-state index in [0.29, 0.717) is 17.1 Å². The van der Waals surface area contributed by atoms with Crippen LogP contribution in [0.2, 0.25) is 0 Å². The van der Waals surface area contributed by atoms with Crippen molar-refractivity contribution in [2.45, 2.75) is 20.4 Å². The summed E-state index contributed by atoms with van der Waals surface area (Å²) in [5.74, 6) is 0.136. The maximum atomic E-state index is 11.2. The highest BCUT2D eigenvalue weighted by Crippen LogP contribution is 2.04. The summed E-state index contributed by atoms with van der Waals surface area (Å²) >= 11 is 3.20. The Bertz CT molecular complexity index is 310. The van der Waals surface area contributed by atoms with Crippen molar-refractivity contribution < 1.29 is 9.53 Å². The molecule has 0 aliphatic heterocycles. The summed E-state index contributed by atoms with van der Waals surface area (Å²) in [5, 5.41) is 0. The van der Waals surface area contributed by atoms with E-state index in [4.69, 9.17) is 4.74 Å². The summed E-state index contributed by atoms with van der Waals surface area (Å²) in [6, 6.07) is 0. The number of hydrogen-bond donors (Lipinski definition) is 0. The number of ether oxygens (including phenoxy) is 1. The number of carbonyl (C=O) groups excluding carboxylic acids is 1. The second-order valence-corrected chi connectivity index (χ2v) is 4.26. The highest BCUT2D eigenvalue weighted by atomic mass is 79.9. The van der Waals surface area contributed by atoms with Crippen molar-refractivity contribution in [1.82, 2.24) is 9.55 Å². The van der Waals surface area contributed by atoms with Crippen LogP contribution in [0.25, 0.3) is 0 Å². The zero-order valence-electron chi connectivity index (χ0n) is 8.24. The van der Waals surface area contributed by atoms with Gasteiger partial charge >= 0.3 is 5.97 Å². The molecular formula is C9H13BrN2O2. The van der Waals surface area contributed by atoms with Gasteiger partial charge in [-0.25, -0.2) is 4.98 Å². The second-order valence-electron chi connectivity index (χ2n) is 3.45. The first kappa shape index (κ1) is 11.2. The van der Waals surface area contributed by atoms with Gasteiger partial charge in [0.2, 0.25) is 0 Å². The Morgan fingerprint density at radius 1 is 1.71 bits per heavy atom. The molecule has 14 heavy (non-hydrogen) atoms. The Labute approximate surface area is 91.4 Å². The standard InChI is InChI=1S/C9H13BrN2O2/c1-7(2)5-14-9(13)4-12-3-8(10)11-6-12/h3,6-7H,4-5H2,1-2H3. The van der Waals surface area contributed by atoms with Gasteiger partial charge in [-0.05, 0) is 21.8 Å². The van der Waals surface area contributed by atoms with Gasteiger partial charge in [0.1, 0.15) is 11.1 Å². The van der Waals surface area contributed by atoms with E-state index in [0.717, 1.165) is 0 Å². The van der Waals surface area contributed by atoms with E-state index in [1.165, 1.54) is 0 Å². The summed E-state index contributed by atoms with van der Waals surface area (Å²) in [6.45, 7) is 4.68. The first-order chi connectivity index (χ1) is 6.58. The molecule has 1 aromatic rings. The summed E-state index contributed by atoms with van der Waals surface area (Å²) in [4.78, 5) is 15.2. The summed E-state index contributed by atoms with van der Waals surface area (Å²) < 4.78 is 7.40. The van der Waals surface area contributed by atoms with Gasteiger partial charge in [0.15, 0.2) is 0 Å². The molecule has 0 unspecified atom stereocenters. The van der Waals surface area contributed by atoms with Gasteiger partial charge in [0, 0.05) is 6.20 Å². The largest absolute Gasteiger partial charge is 0.464 e. The molecule has 0 saturated carbocycles. The van der Waals surface area contributed by atoms with Gasteiger partial charge in [-0.15, -0.1) is 0 Å². The van der Waals surface area contributed by atoms with E-state index in [1.54, 1.807) is 17.1 Å². The lowest BCUT2D eigenvalue weighted by atomic mass is 10.2. The molecule has 1 heterocycles. The highest BCUT2D eigenvalue weighted by Gasteiger charge is 2.05. The quantitative estimate of drug-likeness (QED) is 0.777. The highest BCUT2D eigenvalue weighted by molar-refractivity contribution is 9.10. The number of halogens is 1. The third kappa shape index (κ3) is 3.91. The van der Waals surface area contributed by atoms with Gasteiger partial charge in [0.25, 0.3) is 0 Å². The lowest BCUT2D eigenvalue weighted by Gasteiger charge is -2.06. The molecule has 0 aliphatic rings. The van der Waals surface area contributed by atoms with Crippen LogP contribution in [0.1, 0.15) is 13.8 Å². The van der Waals surface area contributed by atoms with E-state index in [1.807, 2.05) is 13.8 Å². The first-order valence-corrected chi connectivity index (χ1v) is 5.20. The Kier molecular flexibility index (Phi) is 4.13. The molecule has 0 aromatic carbocycles. The number of aromatic nitrogens is 2. The average molecular weight is 261 g/mol. The first-order valence-electron chi connectivity index (χ1n) is 4.41. The Balaban J connectivity index is 2.34. The van der Waals surface area contributed by atoms with Crippen molar-refractivity contribution >= 4 is 21.9 Å². The van der Waals surface area contributed by atoms with Crippen LogP contribution in [0.4, 0.5) is 0 Å². The molecule has 0 aliphatic carbocycles. The number of nitrogens with zero attached hydrogens (tertiary/aromatic N) is 2. The molecule has 1 rings (SSSR count). The normalized spacial score (nSPS) is 10.6. The molecule has 0 N–H and O–H groups in total. The van der Waals surface area contributed by atoms with E-state index in [2.05, 4.69) is 20.9 Å². The van der Waals surface area contributed by atoms with Gasteiger partial charge in [-0.3, -0.25) is 4.79 Å². The minimum atomic E-state index is -0.233. The molecule has 78 valence electrons. The van der Waals surface area contributed by atoms with Crippen molar-refractivity contribution in [2.24, 2.45) is 5.92 Å². The Morgan fingerprint density at radius 2 is 2.43 bits per heavy atom. The van der Waals surface area contributed by atoms with Gasteiger partial charge in [-0.1, -0.05) is 13.8 Å². The van der Waals surface area contributed by atoms with Crippen molar-refractivity contribution in [3.8, 4) is 0 Å². The zero-order valence-corrected chi connectivity index (χ0v) is 9.82. The van der Waals surface area contributed by atoms with Crippen LogP contribution in [0, 0.1) is 5.92 Å². The predicted octanol–water partition coefficient (Wildman–Crippen LogP) is 1.84. The van der Waals surface area contributed by atoms with Crippen LogP contribution in [-0.2, 0) is 16.1 Å². The molecule has 1 aromatic heterocycles. The topological polar surface area (TPSA) is 44.1 Å². The summed E-state index contributed by atoms with van der Waals surface area (Å²) in [6.07, 6.45) is 3.32. The predicted molar refractivity (Wildman–Crippen MR) is 55.7 cm³/mol. The molecule has 0 bridgehead atoms. The van der Waals surface area contributed by atoms with Gasteiger partial charge in [0.05, 0.1) is 12.9 Å². The van der Waals surface area contributed by atoms with E-state index < -0.39 is 0 Å². The van der Waals surface area contributed by atoms with E-state index in [-0.39, 0.29) is 12.5 Å². The molecule has 0 spiro atoms. The monoisotopic (exact) mass is 260 g/mol. The third-order valence-electron chi connectivity index (χ3n) is 1.49. The summed E-state index contributed by atoms with van der Waals surface area (Å²) in [7, 11) is 0. The zero-order chi connectivity index (χ0) is 10.6. The van der Waals surface area contributed by atoms with Crippen LogP contribution in [0.5, 0.6) is 0 Å². The number of rotatable bonds is 4. The van der Waals surface area contributed by atoms with Crippen molar-refractivity contribution in [3.05, 3.63) is 17.1 Å². The number of carbonyl (C=O) groups is 1. The van der Waals surface area contributed by atoms with Crippen LogP contribution < -0.4 is 0 Å². The fourth-order valence-corrected chi connectivity index (χ4v) is 1.23. The third-order valence-corrected chi connectivity index (χ3v) is 1.90. The minimum Gasteiger partial charge on any atom is -0.464 e. The van der Waals surface area contributed by atoms with Gasteiger partial charge < -0.3 is 9.30 Å². The fraction of sp³-hybridized carbons (Fsp3) is 0.556. The van der Waals surface area contributed by atoms with Crippen LogP contribution in [0.3, 0.4) is 0 Å². The minimum absolute atomic E-state index is 0.214.